The zero-order valence-electron chi connectivity index (χ0n) is 49.2. The molecule has 8 nitrogen and oxygen atoms in total. The number of aliphatic hydroxyl groups excluding tert-OH is 1. The molecule has 0 aliphatic carbocycles. The molecule has 0 rings (SSSR count). The van der Waals surface area contributed by atoms with Gasteiger partial charge in [0.1, 0.15) is 13.2 Å². The van der Waals surface area contributed by atoms with E-state index in [0.29, 0.717) is 17.4 Å². The molecular formula is C66H117N2O6P. The molecule has 0 spiro atoms. The van der Waals surface area contributed by atoms with Crippen molar-refractivity contribution in [2.75, 3.05) is 40.9 Å². The number of phosphoric acid groups is 1. The van der Waals surface area contributed by atoms with E-state index in [4.69, 9.17) is 9.05 Å². The van der Waals surface area contributed by atoms with Crippen LogP contribution in [0.15, 0.2) is 109 Å². The maximum Gasteiger partial charge on any atom is 0.268 e. The van der Waals surface area contributed by atoms with Crippen molar-refractivity contribution in [2.24, 2.45) is 0 Å². The van der Waals surface area contributed by atoms with Crippen molar-refractivity contribution in [2.45, 2.75) is 264 Å². The quantitative estimate of drug-likeness (QED) is 0.0272. The number of allylic oxidation sites excluding steroid dienone is 17. The van der Waals surface area contributed by atoms with E-state index in [1.54, 1.807) is 6.08 Å². The number of carbonyl (C=O) groups excluding carboxylic acids is 1. The number of amides is 1. The zero-order valence-corrected chi connectivity index (χ0v) is 50.1. The van der Waals surface area contributed by atoms with E-state index in [-0.39, 0.29) is 12.5 Å². The predicted octanol–water partition coefficient (Wildman–Crippen LogP) is 18.5. The van der Waals surface area contributed by atoms with Gasteiger partial charge in [0.25, 0.3) is 7.82 Å². The molecule has 0 aromatic heterocycles. The zero-order chi connectivity index (χ0) is 54.9. The number of quaternary nitrogens is 1. The number of aliphatic hydroxyl groups is 1. The summed E-state index contributed by atoms with van der Waals surface area (Å²) in [4.78, 5) is 25.5. The summed E-state index contributed by atoms with van der Waals surface area (Å²) in [7, 11) is 1.22. The lowest BCUT2D eigenvalue weighted by atomic mass is 10.0. The van der Waals surface area contributed by atoms with E-state index in [9.17, 15) is 19.4 Å². The molecule has 3 atom stereocenters. The van der Waals surface area contributed by atoms with Gasteiger partial charge >= 0.3 is 0 Å². The van der Waals surface area contributed by atoms with Gasteiger partial charge in [-0.25, -0.2) is 0 Å². The standard InChI is InChI=1S/C66H117N2O6P/c1-6-8-10-12-14-16-18-20-22-24-26-28-30-32-33-34-35-36-38-40-42-44-46-48-50-52-54-56-58-60-66(70)67-64(63-74-75(71,72)73-62-61-68(3,4)5)65(69)59-57-55-53-51-49-47-45-43-41-39-37-31-29-27-25-23-21-19-17-15-13-11-9-7-2/h8,10,14,16,20,22,26,28,32-33,35-36,40,42,49,51,57,59,64-65,69H,6-7,9,11-13,15,17-19,21,23-25,27,29-31,34,37-39,41,43-48,50,52-56,58,60-63H2,1-5H3,(H-,67,70,71,72)/b10-8-,16-14-,22-20-,28-26-,33-32-,36-35-,42-40-,51-49+,59-57+. The Morgan fingerprint density at radius 1 is 0.480 bits per heavy atom. The number of unbranched alkanes of at least 4 members (excludes halogenated alkanes) is 26. The molecule has 432 valence electrons. The molecule has 3 unspecified atom stereocenters. The lowest BCUT2D eigenvalue weighted by Crippen LogP contribution is -2.45. The normalized spacial score (nSPS) is 14.6. The van der Waals surface area contributed by atoms with Crippen LogP contribution in [-0.4, -0.2) is 68.5 Å². The van der Waals surface area contributed by atoms with Crippen LogP contribution in [0, 0.1) is 0 Å². The van der Waals surface area contributed by atoms with E-state index in [1.165, 1.54) is 135 Å². The number of hydrogen-bond acceptors (Lipinski definition) is 6. The average Bonchev–Trinajstić information content (AvgIpc) is 3.37. The summed E-state index contributed by atoms with van der Waals surface area (Å²) in [6.45, 7) is 4.51. The Bertz CT molecular complexity index is 1590. The van der Waals surface area contributed by atoms with Crippen molar-refractivity contribution in [3.8, 4) is 0 Å². The number of phosphoric ester groups is 1. The Morgan fingerprint density at radius 2 is 0.827 bits per heavy atom. The van der Waals surface area contributed by atoms with Crippen LogP contribution in [0.4, 0.5) is 0 Å². The van der Waals surface area contributed by atoms with Gasteiger partial charge in [-0.05, 0) is 89.9 Å². The summed E-state index contributed by atoms with van der Waals surface area (Å²) in [5.74, 6) is -0.221. The van der Waals surface area contributed by atoms with Crippen molar-refractivity contribution in [1.82, 2.24) is 5.32 Å². The minimum Gasteiger partial charge on any atom is -0.756 e. The number of hydrogen-bond donors (Lipinski definition) is 2. The molecule has 0 aromatic carbocycles. The molecule has 0 heterocycles. The van der Waals surface area contributed by atoms with Gasteiger partial charge in [-0.2, -0.15) is 0 Å². The van der Waals surface area contributed by atoms with E-state index < -0.39 is 26.6 Å². The summed E-state index contributed by atoms with van der Waals surface area (Å²) in [6, 6.07) is -0.919. The van der Waals surface area contributed by atoms with Crippen molar-refractivity contribution < 1.29 is 32.9 Å². The lowest BCUT2D eigenvalue weighted by Gasteiger charge is -2.29. The molecule has 0 fully saturated rings. The number of nitrogens with zero attached hydrogens (tertiary/aromatic N) is 1. The highest BCUT2D eigenvalue weighted by Crippen LogP contribution is 2.38. The van der Waals surface area contributed by atoms with Crippen LogP contribution in [0.5, 0.6) is 0 Å². The predicted molar refractivity (Wildman–Crippen MR) is 325 cm³/mol. The smallest absolute Gasteiger partial charge is 0.268 e. The molecule has 0 aliphatic rings. The largest absolute Gasteiger partial charge is 0.756 e. The van der Waals surface area contributed by atoms with Crippen LogP contribution < -0.4 is 10.2 Å². The molecule has 0 bridgehead atoms. The highest BCUT2D eigenvalue weighted by molar-refractivity contribution is 7.45. The molecule has 75 heavy (non-hydrogen) atoms. The number of carbonyl (C=O) groups is 1. The second kappa shape index (κ2) is 55.9. The van der Waals surface area contributed by atoms with Crippen molar-refractivity contribution in [3.63, 3.8) is 0 Å². The third-order valence-corrected chi connectivity index (χ3v) is 14.2. The highest BCUT2D eigenvalue weighted by atomic mass is 31.2. The molecule has 1 amide bonds. The first kappa shape index (κ1) is 72.2. The summed E-state index contributed by atoms with van der Waals surface area (Å²) in [5.41, 5.74) is 0. The van der Waals surface area contributed by atoms with Crippen LogP contribution in [-0.2, 0) is 18.4 Å². The molecule has 9 heteroatoms. The Balaban J connectivity index is 4.28. The van der Waals surface area contributed by atoms with Gasteiger partial charge in [0, 0.05) is 6.42 Å². The maximum atomic E-state index is 13.0. The van der Waals surface area contributed by atoms with E-state index in [0.717, 1.165) is 96.3 Å². The monoisotopic (exact) mass is 1060 g/mol. The van der Waals surface area contributed by atoms with E-state index in [1.807, 2.05) is 27.2 Å². The Hall–Kier alpha value is -2.84. The molecule has 0 saturated heterocycles. The average molecular weight is 1070 g/mol. The topological polar surface area (TPSA) is 108 Å². The van der Waals surface area contributed by atoms with Crippen LogP contribution >= 0.6 is 7.82 Å². The number of likely N-dealkylation sites (N-methyl/N-ethyl adjacent to an activating group) is 1. The Kier molecular flexibility index (Phi) is 53.8. The van der Waals surface area contributed by atoms with Gasteiger partial charge in [-0.1, -0.05) is 264 Å². The lowest BCUT2D eigenvalue weighted by molar-refractivity contribution is -0.870. The highest BCUT2D eigenvalue weighted by Gasteiger charge is 2.23. The molecule has 0 aromatic rings. The van der Waals surface area contributed by atoms with Crippen LogP contribution in [0.3, 0.4) is 0 Å². The second-order valence-corrected chi connectivity index (χ2v) is 23.1. The Labute approximate surface area is 463 Å². The Morgan fingerprint density at radius 3 is 1.24 bits per heavy atom. The minimum absolute atomic E-state index is 0.0143. The fourth-order valence-electron chi connectivity index (χ4n) is 8.44. The van der Waals surface area contributed by atoms with E-state index >= 15 is 0 Å². The van der Waals surface area contributed by atoms with E-state index in [2.05, 4.69) is 116 Å². The number of rotatable bonds is 55. The van der Waals surface area contributed by atoms with Crippen molar-refractivity contribution in [1.29, 1.82) is 0 Å². The van der Waals surface area contributed by atoms with Gasteiger partial charge in [0.15, 0.2) is 0 Å². The summed E-state index contributed by atoms with van der Waals surface area (Å²) in [6.07, 6.45) is 81.7. The number of nitrogens with one attached hydrogen (secondary N) is 1. The third kappa shape index (κ3) is 58.7. The van der Waals surface area contributed by atoms with Crippen LogP contribution in [0.2, 0.25) is 0 Å². The molecule has 2 N–H and O–H groups in total. The maximum absolute atomic E-state index is 13.0. The van der Waals surface area contributed by atoms with Crippen LogP contribution in [0.25, 0.3) is 0 Å². The molecule has 0 radical (unpaired) electrons. The second-order valence-electron chi connectivity index (χ2n) is 21.7. The molecule has 0 aliphatic heterocycles. The van der Waals surface area contributed by atoms with Crippen molar-refractivity contribution in [3.05, 3.63) is 109 Å². The molecular weight excluding hydrogens is 948 g/mol. The van der Waals surface area contributed by atoms with Gasteiger partial charge in [0.2, 0.25) is 5.91 Å². The van der Waals surface area contributed by atoms with Crippen LogP contribution in [0.1, 0.15) is 251 Å². The SMILES string of the molecule is CC/C=C\C/C=C\C/C=C\C/C=C\C/C=C\C/C=C\C/C=C\CCCCCCCCCC(=O)NC(COP(=O)([O-])OCC[N+](C)(C)C)C(O)/C=C/CC/C=C/CCCCCCCCCCCCCCCCCCCC. The molecule has 0 saturated carbocycles. The van der Waals surface area contributed by atoms with Crippen molar-refractivity contribution >= 4 is 13.7 Å². The first-order chi connectivity index (χ1) is 36.5. The first-order valence-electron chi connectivity index (χ1n) is 30.7. The minimum atomic E-state index is -4.62. The summed E-state index contributed by atoms with van der Waals surface area (Å²) < 4.78 is 23.4. The first-order valence-corrected chi connectivity index (χ1v) is 32.2. The summed E-state index contributed by atoms with van der Waals surface area (Å²) in [5, 5.41) is 13.9. The fraction of sp³-hybridized carbons (Fsp3) is 0.712. The summed E-state index contributed by atoms with van der Waals surface area (Å²) >= 11 is 0. The fourth-order valence-corrected chi connectivity index (χ4v) is 9.17. The van der Waals surface area contributed by atoms with Gasteiger partial charge in [-0.3, -0.25) is 9.36 Å². The van der Waals surface area contributed by atoms with Gasteiger partial charge < -0.3 is 28.8 Å². The van der Waals surface area contributed by atoms with Gasteiger partial charge in [0.05, 0.1) is 39.9 Å². The third-order valence-electron chi connectivity index (χ3n) is 13.2. The van der Waals surface area contributed by atoms with Gasteiger partial charge in [-0.15, -0.1) is 0 Å².